The van der Waals surface area contributed by atoms with Crippen LogP contribution in [0.25, 0.3) is 10.9 Å². The first-order valence-electron chi connectivity index (χ1n) is 15.5. The Labute approximate surface area is 260 Å². The summed E-state index contributed by atoms with van der Waals surface area (Å²) >= 11 is 0. The minimum Gasteiger partial charge on any atom is -0.476 e. The fraction of sp³-hybridized carbons (Fsp3) is 0.405. The van der Waals surface area contributed by atoms with Crippen LogP contribution in [0, 0.1) is 11.7 Å². The van der Waals surface area contributed by atoms with E-state index in [4.69, 9.17) is 9.47 Å². The van der Waals surface area contributed by atoms with E-state index in [-0.39, 0.29) is 17.8 Å². The highest BCUT2D eigenvalue weighted by molar-refractivity contribution is 5.99. The third-order valence-corrected chi connectivity index (χ3v) is 7.78. The van der Waals surface area contributed by atoms with Crippen LogP contribution < -0.4 is 10.1 Å². The number of fused-ring (bicyclic) bond motifs is 1. The minimum atomic E-state index is -1.11. The average molecular weight is 601 g/mol. The topological polar surface area (TPSA) is 69.6 Å². The van der Waals surface area contributed by atoms with E-state index in [0.29, 0.717) is 23.7 Å². The number of ether oxygens (including phenoxy) is 2. The van der Waals surface area contributed by atoms with E-state index in [1.165, 1.54) is 13.2 Å². The molecule has 0 saturated heterocycles. The monoisotopic (exact) mass is 600 g/mol. The fourth-order valence-corrected chi connectivity index (χ4v) is 5.53. The minimum absolute atomic E-state index is 0.198. The molecule has 0 aliphatic heterocycles. The number of hydrogen-bond donors (Lipinski definition) is 1. The van der Waals surface area contributed by atoms with Crippen LogP contribution >= 0.6 is 0 Å². The van der Waals surface area contributed by atoms with Crippen LogP contribution in [0.3, 0.4) is 0 Å². The maximum atomic E-state index is 14.4. The second-order valence-corrected chi connectivity index (χ2v) is 12.6. The summed E-state index contributed by atoms with van der Waals surface area (Å²) in [7, 11) is 1.35. The number of esters is 1. The number of benzene rings is 3. The molecule has 0 radical (unpaired) electrons. The van der Waals surface area contributed by atoms with Gasteiger partial charge in [0.1, 0.15) is 11.6 Å². The van der Waals surface area contributed by atoms with Crippen molar-refractivity contribution in [2.24, 2.45) is 5.92 Å². The van der Waals surface area contributed by atoms with Crippen molar-refractivity contribution >= 4 is 22.8 Å². The molecule has 1 N–H and O–H groups in total. The third-order valence-electron chi connectivity index (χ3n) is 7.78. The van der Waals surface area contributed by atoms with Crippen LogP contribution in [0.1, 0.15) is 93.0 Å². The number of nitrogens with zero attached hydrogens (tertiary/aromatic N) is 1. The smallest absolute Gasteiger partial charge is 0.349 e. The van der Waals surface area contributed by atoms with E-state index in [2.05, 4.69) is 36.9 Å². The second kappa shape index (κ2) is 14.1. The van der Waals surface area contributed by atoms with E-state index in [0.717, 1.165) is 59.0 Å². The summed E-state index contributed by atoms with van der Waals surface area (Å²) < 4.78 is 27.4. The predicted octanol–water partition coefficient (Wildman–Crippen LogP) is 8.19. The second-order valence-electron chi connectivity index (χ2n) is 12.6. The van der Waals surface area contributed by atoms with Crippen molar-refractivity contribution in [2.45, 2.75) is 85.4 Å². The molecule has 3 aromatic carbocycles. The SMILES string of the molecule is CCCCc1cc(F)cc([C@H](C)NC(=O)c2ccc3c(Cc4cccc(OC(C)(C)C(=O)OC)c4)cn(CC(C)C)c3c2)c1. The van der Waals surface area contributed by atoms with Gasteiger partial charge in [-0.25, -0.2) is 9.18 Å². The van der Waals surface area contributed by atoms with Crippen molar-refractivity contribution in [3.63, 3.8) is 0 Å². The molecule has 0 fully saturated rings. The van der Waals surface area contributed by atoms with Crippen molar-refractivity contribution in [3.05, 3.63) is 100 Å². The average Bonchev–Trinajstić information content (AvgIpc) is 3.30. The van der Waals surface area contributed by atoms with Gasteiger partial charge in [0, 0.05) is 29.2 Å². The number of amides is 1. The van der Waals surface area contributed by atoms with Gasteiger partial charge in [-0.15, -0.1) is 0 Å². The van der Waals surface area contributed by atoms with Crippen LogP contribution in [0.5, 0.6) is 5.75 Å². The zero-order valence-electron chi connectivity index (χ0n) is 27.0. The largest absolute Gasteiger partial charge is 0.476 e. The first-order valence-corrected chi connectivity index (χ1v) is 15.5. The molecule has 234 valence electrons. The van der Waals surface area contributed by atoms with Gasteiger partial charge in [-0.3, -0.25) is 4.79 Å². The third kappa shape index (κ3) is 8.07. The number of carbonyl (C=O) groups excluding carboxylic acids is 2. The van der Waals surface area contributed by atoms with E-state index >= 15 is 0 Å². The lowest BCUT2D eigenvalue weighted by molar-refractivity contribution is -0.156. The van der Waals surface area contributed by atoms with Gasteiger partial charge < -0.3 is 19.4 Å². The highest BCUT2D eigenvalue weighted by atomic mass is 19.1. The molecule has 4 rings (SSSR count). The molecule has 0 spiro atoms. The molecule has 1 amide bonds. The van der Waals surface area contributed by atoms with Gasteiger partial charge in [-0.2, -0.15) is 0 Å². The van der Waals surface area contributed by atoms with Gasteiger partial charge in [0.05, 0.1) is 13.2 Å². The van der Waals surface area contributed by atoms with Crippen LogP contribution in [0.15, 0.2) is 66.9 Å². The molecule has 7 heteroatoms. The number of halogens is 1. The molecular formula is C37H45FN2O4. The molecule has 0 aliphatic carbocycles. The van der Waals surface area contributed by atoms with Gasteiger partial charge in [0.25, 0.3) is 5.91 Å². The molecule has 44 heavy (non-hydrogen) atoms. The summed E-state index contributed by atoms with van der Waals surface area (Å²) in [6.07, 6.45) is 5.66. The standard InChI is InChI=1S/C37H45FN2O4/c1-8-9-11-26-16-29(20-31(38)18-26)25(4)39-35(41)28-14-15-33-30(23-40(22-24(2)3)34(33)21-28)17-27-12-10-13-32(19-27)44-37(5,6)36(42)43-7/h10,12-16,18-21,23-25H,8-9,11,17,22H2,1-7H3,(H,39,41)/t25-/m0/s1. The quantitative estimate of drug-likeness (QED) is 0.157. The van der Waals surface area contributed by atoms with Crippen LogP contribution in [-0.4, -0.2) is 29.2 Å². The molecule has 1 aromatic heterocycles. The summed E-state index contributed by atoms with van der Waals surface area (Å²) in [5.74, 6) is 0.0764. The molecule has 0 saturated carbocycles. The lowest BCUT2D eigenvalue weighted by atomic mass is 10.0. The van der Waals surface area contributed by atoms with Gasteiger partial charge in [0.2, 0.25) is 0 Å². The van der Waals surface area contributed by atoms with Crippen molar-refractivity contribution in [2.75, 3.05) is 7.11 Å². The number of unbranched alkanes of at least 4 members (excludes halogenated alkanes) is 1. The number of aromatic nitrogens is 1. The van der Waals surface area contributed by atoms with Gasteiger partial charge in [-0.1, -0.05) is 51.5 Å². The summed E-state index contributed by atoms with van der Waals surface area (Å²) in [5.41, 5.74) is 4.31. The molecular weight excluding hydrogens is 555 g/mol. The Balaban J connectivity index is 1.58. The summed E-state index contributed by atoms with van der Waals surface area (Å²) in [5, 5.41) is 4.14. The van der Waals surface area contributed by atoms with E-state index in [1.54, 1.807) is 19.9 Å². The Morgan fingerprint density at radius 2 is 1.77 bits per heavy atom. The number of nitrogens with one attached hydrogen (secondary N) is 1. The summed E-state index contributed by atoms with van der Waals surface area (Å²) in [4.78, 5) is 25.5. The Morgan fingerprint density at radius 3 is 2.48 bits per heavy atom. The highest BCUT2D eigenvalue weighted by Gasteiger charge is 2.31. The first-order chi connectivity index (χ1) is 20.9. The van der Waals surface area contributed by atoms with Crippen molar-refractivity contribution < 1.29 is 23.5 Å². The number of methoxy groups -OCH3 is 1. The molecule has 1 heterocycles. The zero-order chi connectivity index (χ0) is 32.0. The Hall–Kier alpha value is -4.13. The molecule has 0 unspecified atom stereocenters. The Morgan fingerprint density at radius 1 is 1.00 bits per heavy atom. The van der Waals surface area contributed by atoms with Crippen molar-refractivity contribution in [1.29, 1.82) is 0 Å². The molecule has 6 nitrogen and oxygen atoms in total. The Kier molecular flexibility index (Phi) is 10.5. The first kappa shape index (κ1) is 32.8. The van der Waals surface area contributed by atoms with Crippen LogP contribution in [-0.2, 0) is 28.9 Å². The van der Waals surface area contributed by atoms with E-state index in [1.807, 2.05) is 55.5 Å². The highest BCUT2D eigenvalue weighted by Crippen LogP contribution is 2.29. The number of rotatable bonds is 13. The predicted molar refractivity (Wildman–Crippen MR) is 174 cm³/mol. The zero-order valence-corrected chi connectivity index (χ0v) is 27.0. The molecule has 0 bridgehead atoms. The Bertz CT molecular complexity index is 1620. The maximum Gasteiger partial charge on any atom is 0.349 e. The number of hydrogen-bond acceptors (Lipinski definition) is 4. The molecule has 1 atom stereocenters. The summed E-state index contributed by atoms with van der Waals surface area (Å²) in [6.45, 7) is 12.5. The van der Waals surface area contributed by atoms with Crippen LogP contribution in [0.2, 0.25) is 0 Å². The maximum absolute atomic E-state index is 14.4. The fourth-order valence-electron chi connectivity index (χ4n) is 5.53. The van der Waals surface area contributed by atoms with Crippen molar-refractivity contribution in [3.8, 4) is 5.75 Å². The van der Waals surface area contributed by atoms with E-state index < -0.39 is 11.6 Å². The molecule has 0 aliphatic rings. The normalized spacial score (nSPS) is 12.4. The lowest BCUT2D eigenvalue weighted by Gasteiger charge is -2.23. The van der Waals surface area contributed by atoms with Gasteiger partial charge in [0.15, 0.2) is 5.60 Å². The van der Waals surface area contributed by atoms with Crippen LogP contribution in [0.4, 0.5) is 4.39 Å². The van der Waals surface area contributed by atoms with Gasteiger partial charge >= 0.3 is 5.97 Å². The summed E-state index contributed by atoms with van der Waals surface area (Å²) in [6, 6.07) is 18.3. The number of aryl methyl sites for hydroxylation is 1. The number of carbonyl (C=O) groups is 2. The van der Waals surface area contributed by atoms with E-state index in [9.17, 15) is 14.0 Å². The van der Waals surface area contributed by atoms with Gasteiger partial charge in [-0.05, 0) is 105 Å². The molecule has 4 aromatic rings. The van der Waals surface area contributed by atoms with Crippen molar-refractivity contribution in [1.82, 2.24) is 9.88 Å². The lowest BCUT2D eigenvalue weighted by Crippen LogP contribution is -2.39.